The molecule has 1 aliphatic heterocycles. The molecule has 0 radical (unpaired) electrons. The zero-order valence-corrected chi connectivity index (χ0v) is 12.3. The second-order valence-corrected chi connectivity index (χ2v) is 5.56. The molecule has 0 amide bonds. The maximum atomic E-state index is 9.36. The monoisotopic (exact) mass is 281 g/mol. The number of nitrogens with two attached hydrogens (primary N) is 1. The number of rotatable bonds is 4. The van der Waals surface area contributed by atoms with E-state index in [1.54, 1.807) is 0 Å². The molecule has 0 aliphatic carbocycles. The summed E-state index contributed by atoms with van der Waals surface area (Å²) in [5.41, 5.74) is 5.42. The second kappa shape index (κ2) is 5.80. The third-order valence-electron chi connectivity index (χ3n) is 3.10. The second-order valence-electron chi connectivity index (χ2n) is 5.56. The van der Waals surface area contributed by atoms with Crippen LogP contribution in [-0.4, -0.2) is 53.0 Å². The lowest BCUT2D eigenvalue weighted by Crippen LogP contribution is -2.54. The average Bonchev–Trinajstić information content (AvgIpc) is 2.36. The van der Waals surface area contributed by atoms with Crippen LogP contribution in [0.4, 0.5) is 17.6 Å². The topological polar surface area (TPSA) is 96.5 Å². The summed E-state index contributed by atoms with van der Waals surface area (Å²) in [7, 11) is 0. The van der Waals surface area contributed by atoms with Crippen LogP contribution in [0.1, 0.15) is 20.8 Å². The van der Waals surface area contributed by atoms with Crippen LogP contribution in [0.3, 0.4) is 0 Å². The molecule has 0 saturated carbocycles. The standard InChI is InChI=1S/C13H23N5O2/c1-4-15-10-5-11(17-12(14)16-10)18-6-9(7-19)20-13(2,3)8-18/h5,9,19H,4,6-8H2,1-3H3,(H3,14,15,16,17). The number of nitrogens with one attached hydrogen (secondary N) is 1. The number of nitrogen functional groups attached to an aromatic ring is 1. The Morgan fingerprint density at radius 3 is 2.95 bits per heavy atom. The Morgan fingerprint density at radius 2 is 2.30 bits per heavy atom. The predicted octanol–water partition coefficient (Wildman–Crippen LogP) is 0.467. The first-order valence-electron chi connectivity index (χ1n) is 6.85. The largest absolute Gasteiger partial charge is 0.394 e. The van der Waals surface area contributed by atoms with E-state index in [9.17, 15) is 5.11 Å². The van der Waals surface area contributed by atoms with E-state index in [1.807, 2.05) is 26.8 Å². The first kappa shape index (κ1) is 14.8. The molecule has 2 heterocycles. The Balaban J connectivity index is 2.25. The molecule has 1 aromatic heterocycles. The van der Waals surface area contributed by atoms with Crippen molar-refractivity contribution in [3.63, 3.8) is 0 Å². The average molecular weight is 281 g/mol. The van der Waals surface area contributed by atoms with E-state index < -0.39 is 0 Å². The predicted molar refractivity (Wildman–Crippen MR) is 78.9 cm³/mol. The fourth-order valence-electron chi connectivity index (χ4n) is 2.45. The Bertz CT molecular complexity index is 466. The van der Waals surface area contributed by atoms with E-state index in [-0.39, 0.29) is 24.3 Å². The Hall–Kier alpha value is -1.60. The Labute approximate surface area is 119 Å². The number of hydrogen-bond acceptors (Lipinski definition) is 7. The van der Waals surface area contributed by atoms with Crippen molar-refractivity contribution in [1.82, 2.24) is 9.97 Å². The van der Waals surface area contributed by atoms with E-state index in [2.05, 4.69) is 20.2 Å². The highest BCUT2D eigenvalue weighted by Gasteiger charge is 2.33. The van der Waals surface area contributed by atoms with Gasteiger partial charge in [0.1, 0.15) is 11.6 Å². The van der Waals surface area contributed by atoms with Gasteiger partial charge in [-0.3, -0.25) is 0 Å². The molecule has 7 nitrogen and oxygen atoms in total. The van der Waals surface area contributed by atoms with Crippen molar-refractivity contribution in [2.24, 2.45) is 0 Å². The van der Waals surface area contributed by atoms with Crippen molar-refractivity contribution in [2.45, 2.75) is 32.5 Å². The van der Waals surface area contributed by atoms with Crippen molar-refractivity contribution >= 4 is 17.6 Å². The minimum atomic E-state index is -0.344. The number of aliphatic hydroxyl groups is 1. The molecule has 1 atom stereocenters. The van der Waals surface area contributed by atoms with E-state index in [1.165, 1.54) is 0 Å². The highest BCUT2D eigenvalue weighted by Crippen LogP contribution is 2.26. The van der Waals surface area contributed by atoms with Gasteiger partial charge < -0.3 is 25.8 Å². The number of ether oxygens (including phenoxy) is 1. The van der Waals surface area contributed by atoms with Crippen LogP contribution < -0.4 is 16.0 Å². The first-order chi connectivity index (χ1) is 9.43. The molecule has 1 saturated heterocycles. The van der Waals surface area contributed by atoms with Gasteiger partial charge in [-0.15, -0.1) is 0 Å². The van der Waals surface area contributed by atoms with Gasteiger partial charge in [-0.2, -0.15) is 9.97 Å². The third-order valence-corrected chi connectivity index (χ3v) is 3.10. The van der Waals surface area contributed by atoms with Crippen LogP contribution in [0.25, 0.3) is 0 Å². The van der Waals surface area contributed by atoms with E-state index in [4.69, 9.17) is 10.5 Å². The van der Waals surface area contributed by atoms with E-state index in [0.717, 1.165) is 12.4 Å². The third kappa shape index (κ3) is 3.49. The molecule has 0 aromatic carbocycles. The highest BCUT2D eigenvalue weighted by molar-refractivity contribution is 5.53. The van der Waals surface area contributed by atoms with Gasteiger partial charge in [-0.25, -0.2) is 0 Å². The van der Waals surface area contributed by atoms with Gasteiger partial charge in [0.25, 0.3) is 0 Å². The summed E-state index contributed by atoms with van der Waals surface area (Å²) in [4.78, 5) is 10.5. The molecule has 1 fully saturated rings. The number of hydrogen-bond donors (Lipinski definition) is 3. The van der Waals surface area contributed by atoms with Crippen LogP contribution >= 0.6 is 0 Å². The molecule has 1 aromatic rings. The van der Waals surface area contributed by atoms with Gasteiger partial charge in [0.05, 0.1) is 18.3 Å². The summed E-state index contributed by atoms with van der Waals surface area (Å²) in [6.07, 6.45) is -0.225. The van der Waals surface area contributed by atoms with Gasteiger partial charge in [-0.1, -0.05) is 0 Å². The van der Waals surface area contributed by atoms with Crippen molar-refractivity contribution in [3.8, 4) is 0 Å². The fraction of sp³-hybridized carbons (Fsp3) is 0.692. The van der Waals surface area contributed by atoms with Crippen LogP contribution in [-0.2, 0) is 4.74 Å². The zero-order valence-electron chi connectivity index (χ0n) is 12.3. The first-order valence-corrected chi connectivity index (χ1v) is 6.85. The van der Waals surface area contributed by atoms with Gasteiger partial charge in [0.2, 0.25) is 5.95 Å². The van der Waals surface area contributed by atoms with Crippen molar-refractivity contribution in [2.75, 3.05) is 42.2 Å². The quantitative estimate of drug-likeness (QED) is 0.738. The molecule has 7 heteroatoms. The lowest BCUT2D eigenvalue weighted by molar-refractivity contribution is -0.101. The Kier molecular flexibility index (Phi) is 4.29. The van der Waals surface area contributed by atoms with Crippen molar-refractivity contribution in [3.05, 3.63) is 6.07 Å². The van der Waals surface area contributed by atoms with Gasteiger partial charge in [0, 0.05) is 25.7 Å². The molecular formula is C13H23N5O2. The van der Waals surface area contributed by atoms with E-state index in [0.29, 0.717) is 18.9 Å². The summed E-state index contributed by atoms with van der Waals surface area (Å²) in [6, 6.07) is 1.87. The van der Waals surface area contributed by atoms with Gasteiger partial charge in [-0.05, 0) is 20.8 Å². The summed E-state index contributed by atoms with van der Waals surface area (Å²) in [5.74, 6) is 1.70. The summed E-state index contributed by atoms with van der Waals surface area (Å²) < 4.78 is 5.80. The normalized spacial score (nSPS) is 21.8. The fourth-order valence-corrected chi connectivity index (χ4v) is 2.45. The van der Waals surface area contributed by atoms with Crippen LogP contribution in [0.15, 0.2) is 6.07 Å². The van der Waals surface area contributed by atoms with Crippen LogP contribution in [0.5, 0.6) is 0 Å². The molecular weight excluding hydrogens is 258 g/mol. The van der Waals surface area contributed by atoms with Gasteiger partial charge in [0.15, 0.2) is 0 Å². The molecule has 0 bridgehead atoms. The molecule has 1 unspecified atom stereocenters. The molecule has 1 aliphatic rings. The summed E-state index contributed by atoms with van der Waals surface area (Å²) in [5, 5.41) is 12.5. The molecule has 20 heavy (non-hydrogen) atoms. The number of anilines is 3. The van der Waals surface area contributed by atoms with Crippen molar-refractivity contribution in [1.29, 1.82) is 0 Å². The minimum Gasteiger partial charge on any atom is -0.394 e. The maximum Gasteiger partial charge on any atom is 0.223 e. The molecule has 112 valence electrons. The Morgan fingerprint density at radius 1 is 1.55 bits per heavy atom. The van der Waals surface area contributed by atoms with E-state index >= 15 is 0 Å². The van der Waals surface area contributed by atoms with Crippen molar-refractivity contribution < 1.29 is 9.84 Å². The number of aliphatic hydroxyl groups excluding tert-OH is 1. The molecule has 4 N–H and O–H groups in total. The maximum absolute atomic E-state index is 9.36. The lowest BCUT2D eigenvalue weighted by atomic mass is 10.1. The highest BCUT2D eigenvalue weighted by atomic mass is 16.5. The van der Waals surface area contributed by atoms with Gasteiger partial charge >= 0.3 is 0 Å². The molecule has 2 rings (SSSR count). The van der Waals surface area contributed by atoms with Crippen LogP contribution in [0.2, 0.25) is 0 Å². The number of morpholine rings is 1. The van der Waals surface area contributed by atoms with Crippen LogP contribution in [0, 0.1) is 0 Å². The number of aromatic nitrogens is 2. The lowest BCUT2D eigenvalue weighted by Gasteiger charge is -2.42. The minimum absolute atomic E-state index is 0.0133. The molecule has 0 spiro atoms. The smallest absolute Gasteiger partial charge is 0.223 e. The summed E-state index contributed by atoms with van der Waals surface area (Å²) in [6.45, 7) is 8.02. The number of nitrogens with zero attached hydrogens (tertiary/aromatic N) is 3. The zero-order chi connectivity index (χ0) is 14.8. The SMILES string of the molecule is CCNc1cc(N2CC(CO)OC(C)(C)C2)nc(N)n1. The summed E-state index contributed by atoms with van der Waals surface area (Å²) >= 11 is 0.